The summed E-state index contributed by atoms with van der Waals surface area (Å²) in [5.74, 6) is -4.95. The number of hydrogen-bond acceptors (Lipinski definition) is 18. The lowest BCUT2D eigenvalue weighted by Crippen LogP contribution is -2.44. The van der Waals surface area contributed by atoms with Crippen molar-refractivity contribution in [2.45, 2.75) is 129 Å². The van der Waals surface area contributed by atoms with E-state index in [9.17, 15) is 57.8 Å². The summed E-state index contributed by atoms with van der Waals surface area (Å²) in [6.07, 6.45) is 1.64. The number of hydrogen-bond donors (Lipinski definition) is 6. The van der Waals surface area contributed by atoms with Gasteiger partial charge in [0.25, 0.3) is 17.4 Å². The summed E-state index contributed by atoms with van der Waals surface area (Å²) in [6, 6.07) is 10.4. The molecule has 0 saturated heterocycles. The minimum Gasteiger partial charge on any atom is -0.458 e. The molecule has 26 heteroatoms. The van der Waals surface area contributed by atoms with Crippen LogP contribution in [0.2, 0.25) is 0 Å². The Labute approximate surface area is 518 Å². The van der Waals surface area contributed by atoms with E-state index in [0.717, 1.165) is 16.0 Å². The zero-order valence-electron chi connectivity index (χ0n) is 50.9. The number of benzene rings is 2. The molecule has 4 aromatic rings. The number of nitrogens with zero attached hydrogens (tertiary/aromatic N) is 3. The molecule has 0 fully saturated rings. The Kier molecular flexibility index (Phi) is 23.9. The standard InChI is InChI=1S/C64H77FN8O17/c1-4-64(85)45-33-50-60-43(36-73(50)62(83)44(45)37-90-63(64)84)59-47(14-13-42-39(3)46(65)34-49(71-60)58(42)59)69-55(79)11-8-20-66-52(76)17-15-51(75)48(32-40-9-6-5-7-10-40)70-56(80)16-12-41(74)35-68-54(78)19-23-86-25-27-88-29-30-89-28-26-87-24-21-67-53(77)18-22-72-57(81)31-38(2)61(72)82/h5-7,9-10,31,33-34,47-48,85H,4,8,11-30,32,35-37H2,1-3H3,(H,66,76)(H,67,77)(H,68,78)(H,69,79)(H,70,80)/t47-,48-,64-/m0/s1. The summed E-state index contributed by atoms with van der Waals surface area (Å²) >= 11 is 0. The Morgan fingerprint density at radius 2 is 1.42 bits per heavy atom. The van der Waals surface area contributed by atoms with Crippen LogP contribution in [-0.2, 0) is 103 Å². The Hall–Kier alpha value is -8.43. The van der Waals surface area contributed by atoms with Gasteiger partial charge in [-0.2, -0.15) is 0 Å². The number of fused-ring (bicyclic) bond motifs is 5. The summed E-state index contributed by atoms with van der Waals surface area (Å²) in [5, 5.41) is 25.9. The highest BCUT2D eigenvalue weighted by Crippen LogP contribution is 2.46. The van der Waals surface area contributed by atoms with Crippen molar-refractivity contribution < 1.29 is 81.1 Å². The van der Waals surface area contributed by atoms with Crippen LogP contribution in [0.1, 0.15) is 123 Å². The summed E-state index contributed by atoms with van der Waals surface area (Å²) in [6.45, 7) is 6.73. The minimum atomic E-state index is -2.04. The minimum absolute atomic E-state index is 0.00258. The number of rotatable bonds is 36. The van der Waals surface area contributed by atoms with Crippen LogP contribution < -0.4 is 32.1 Å². The van der Waals surface area contributed by atoms with E-state index in [2.05, 4.69) is 26.6 Å². The molecule has 0 spiro atoms. The number of carbonyl (C=O) groups is 10. The number of nitrogens with one attached hydrogen (secondary N) is 5. The molecule has 5 heterocycles. The number of ketones is 2. The molecule has 0 bridgehead atoms. The number of halogens is 1. The van der Waals surface area contributed by atoms with Crippen LogP contribution >= 0.6 is 0 Å². The molecule has 8 rings (SSSR count). The first-order valence-corrected chi connectivity index (χ1v) is 30.4. The van der Waals surface area contributed by atoms with Crippen LogP contribution in [-0.4, -0.2) is 164 Å². The molecule has 0 radical (unpaired) electrons. The van der Waals surface area contributed by atoms with E-state index in [1.165, 1.54) is 16.7 Å². The smallest absolute Gasteiger partial charge is 0.343 e. The Bertz CT molecular complexity index is 3500. The normalized spacial score (nSPS) is 16.6. The van der Waals surface area contributed by atoms with Gasteiger partial charge >= 0.3 is 5.97 Å². The fourth-order valence-corrected chi connectivity index (χ4v) is 11.3. The molecule has 2 aromatic heterocycles. The van der Waals surface area contributed by atoms with Gasteiger partial charge < -0.3 is 59.9 Å². The van der Waals surface area contributed by atoms with Gasteiger partial charge in [-0.1, -0.05) is 37.3 Å². The van der Waals surface area contributed by atoms with E-state index < -0.39 is 76.1 Å². The highest BCUT2D eigenvalue weighted by Gasteiger charge is 2.46. The molecule has 3 atom stereocenters. The third-order valence-corrected chi connectivity index (χ3v) is 16.2. The first-order valence-electron chi connectivity index (χ1n) is 30.4. The highest BCUT2D eigenvalue weighted by molar-refractivity contribution is 6.16. The molecule has 2 aromatic carbocycles. The second-order valence-corrected chi connectivity index (χ2v) is 22.4. The van der Waals surface area contributed by atoms with Gasteiger partial charge in [0.1, 0.15) is 12.4 Å². The summed E-state index contributed by atoms with van der Waals surface area (Å²) < 4.78 is 43.9. The number of aryl methyl sites for hydroxylation is 1. The summed E-state index contributed by atoms with van der Waals surface area (Å²) in [7, 11) is 0. The van der Waals surface area contributed by atoms with E-state index in [4.69, 9.17) is 28.7 Å². The second-order valence-electron chi connectivity index (χ2n) is 22.4. The van der Waals surface area contributed by atoms with Gasteiger partial charge in [-0.25, -0.2) is 14.2 Å². The molecule has 25 nitrogen and oxygen atoms in total. The third kappa shape index (κ3) is 17.1. The number of carbonyl (C=O) groups excluding carboxylic acids is 10. The molecule has 3 aliphatic heterocycles. The number of pyridine rings is 2. The van der Waals surface area contributed by atoms with Gasteiger partial charge in [0.05, 0.1) is 100 Å². The number of aromatic nitrogens is 2. The monoisotopic (exact) mass is 1250 g/mol. The molecule has 0 unspecified atom stereocenters. The topological polar surface area (TPSA) is 335 Å². The van der Waals surface area contributed by atoms with Gasteiger partial charge in [-0.05, 0) is 74.3 Å². The number of ether oxygens (including phenoxy) is 5. The first kappa shape index (κ1) is 67.5. The van der Waals surface area contributed by atoms with Crippen molar-refractivity contribution in [3.8, 4) is 11.4 Å². The fourth-order valence-electron chi connectivity index (χ4n) is 11.3. The van der Waals surface area contributed by atoms with Crippen molar-refractivity contribution in [1.82, 2.24) is 41.0 Å². The number of imide groups is 1. The van der Waals surface area contributed by atoms with Crippen molar-refractivity contribution in [2.24, 2.45) is 0 Å². The van der Waals surface area contributed by atoms with Crippen LogP contribution in [0, 0.1) is 12.7 Å². The predicted molar refractivity (Wildman–Crippen MR) is 320 cm³/mol. The fraction of sp³-hybridized carbons (Fsp3) is 0.500. The maximum Gasteiger partial charge on any atom is 0.343 e. The molecule has 0 saturated carbocycles. The number of Topliss-reactive ketones (excluding diaryl/α,β-unsaturated/α-hetero) is 2. The van der Waals surface area contributed by atoms with E-state index >= 15 is 4.39 Å². The lowest BCUT2D eigenvalue weighted by Gasteiger charge is -2.31. The SMILES string of the molecule is CC[C@@]1(O)C(=O)OCc2c1cc1n(c2=O)Cc2c-1nc1cc(F)c(C)c3c1c2[C@@H](NC(=O)CCCNC(=O)CCC(=O)[C@H](Cc1ccccc1)NC(=O)CCC(=O)CNC(=O)CCOCCOCCOCCOCCNC(=O)CCN1C(=O)C=C(C)C1=O)CC3. The van der Waals surface area contributed by atoms with Crippen molar-refractivity contribution in [1.29, 1.82) is 0 Å². The predicted octanol–water partition coefficient (Wildman–Crippen LogP) is 2.35. The van der Waals surface area contributed by atoms with Crippen LogP contribution in [0.4, 0.5) is 4.39 Å². The second kappa shape index (κ2) is 31.8. The van der Waals surface area contributed by atoms with Gasteiger partial charge in [0.15, 0.2) is 17.2 Å². The molecule has 6 N–H and O–H groups in total. The van der Waals surface area contributed by atoms with Gasteiger partial charge in [0.2, 0.25) is 29.5 Å². The van der Waals surface area contributed by atoms with Crippen molar-refractivity contribution in [2.75, 3.05) is 79.0 Å². The summed E-state index contributed by atoms with van der Waals surface area (Å²) in [5.41, 5.74) is 2.59. The quantitative estimate of drug-likeness (QED) is 0.0190. The van der Waals surface area contributed by atoms with Crippen LogP contribution in [0.5, 0.6) is 0 Å². The maximum absolute atomic E-state index is 15.4. The molecular weight excluding hydrogens is 1170 g/mol. The Balaban J connectivity index is 0.687. The van der Waals surface area contributed by atoms with Gasteiger partial charge in [-0.3, -0.25) is 52.8 Å². The van der Waals surface area contributed by atoms with E-state index in [0.29, 0.717) is 83.8 Å². The van der Waals surface area contributed by atoms with E-state index in [-0.39, 0.29) is 153 Å². The zero-order chi connectivity index (χ0) is 64.5. The summed E-state index contributed by atoms with van der Waals surface area (Å²) in [4.78, 5) is 147. The zero-order valence-corrected chi connectivity index (χ0v) is 50.9. The van der Waals surface area contributed by atoms with Crippen LogP contribution in [0.25, 0.3) is 22.3 Å². The average Bonchev–Trinajstić information content (AvgIpc) is 1.47. The van der Waals surface area contributed by atoms with Crippen LogP contribution in [0.3, 0.4) is 0 Å². The van der Waals surface area contributed by atoms with E-state index in [1.54, 1.807) is 51.1 Å². The Morgan fingerprint density at radius 1 is 0.756 bits per heavy atom. The first-order chi connectivity index (χ1) is 43.3. The van der Waals surface area contributed by atoms with Crippen LogP contribution in [0.15, 0.2) is 58.9 Å². The molecule has 1 aliphatic carbocycles. The molecule has 7 amide bonds. The molecule has 4 aliphatic rings. The van der Waals surface area contributed by atoms with Crippen molar-refractivity contribution in [3.63, 3.8) is 0 Å². The highest BCUT2D eigenvalue weighted by atomic mass is 19.1. The third-order valence-electron chi connectivity index (χ3n) is 16.2. The molecule has 482 valence electrons. The van der Waals surface area contributed by atoms with E-state index in [1.807, 2.05) is 6.07 Å². The number of cyclic esters (lactones) is 1. The van der Waals surface area contributed by atoms with Gasteiger partial charge in [-0.15, -0.1) is 0 Å². The molecular formula is C64H77FN8O17. The molecule has 90 heavy (non-hydrogen) atoms. The largest absolute Gasteiger partial charge is 0.458 e. The maximum atomic E-state index is 15.4. The number of amides is 7. The number of aliphatic hydroxyl groups is 1. The lowest BCUT2D eigenvalue weighted by atomic mass is 9.81. The van der Waals surface area contributed by atoms with Crippen molar-refractivity contribution in [3.05, 3.63) is 109 Å². The Morgan fingerprint density at radius 3 is 2.12 bits per heavy atom. The lowest BCUT2D eigenvalue weighted by molar-refractivity contribution is -0.172. The number of esters is 1. The van der Waals surface area contributed by atoms with Crippen molar-refractivity contribution >= 4 is 69.8 Å². The average molecular weight is 1250 g/mol. The van der Waals surface area contributed by atoms with Gasteiger partial charge in [0, 0.05) is 98.8 Å².